The summed E-state index contributed by atoms with van der Waals surface area (Å²) in [5.41, 5.74) is 1.84. The fourth-order valence-corrected chi connectivity index (χ4v) is 2.59. The van der Waals surface area contributed by atoms with Gasteiger partial charge < -0.3 is 9.94 Å². The van der Waals surface area contributed by atoms with Crippen molar-refractivity contribution in [2.75, 3.05) is 7.11 Å². The SMILES string of the molecule is COc1c(-c2nc(C)c(-c3cccnc3)n2O)cccc1[N+](=O)[O-]. The van der Waals surface area contributed by atoms with E-state index in [1.165, 1.54) is 19.2 Å². The second-order valence-corrected chi connectivity index (χ2v) is 5.04. The molecule has 0 unspecified atom stereocenters. The molecule has 0 bridgehead atoms. The maximum absolute atomic E-state index is 11.2. The molecule has 0 spiro atoms. The van der Waals surface area contributed by atoms with Gasteiger partial charge in [-0.1, -0.05) is 6.07 Å². The fourth-order valence-electron chi connectivity index (χ4n) is 2.59. The van der Waals surface area contributed by atoms with E-state index in [0.717, 1.165) is 4.73 Å². The number of aromatic nitrogens is 3. The number of pyridine rings is 1. The highest BCUT2D eigenvalue weighted by atomic mass is 16.6. The maximum Gasteiger partial charge on any atom is 0.311 e. The van der Waals surface area contributed by atoms with E-state index in [-0.39, 0.29) is 17.3 Å². The summed E-state index contributed by atoms with van der Waals surface area (Å²) in [5, 5.41) is 21.7. The topological polar surface area (TPSA) is 103 Å². The Hall–Kier alpha value is -3.42. The van der Waals surface area contributed by atoms with Gasteiger partial charge in [-0.3, -0.25) is 15.1 Å². The van der Waals surface area contributed by atoms with Crippen LogP contribution in [0.3, 0.4) is 0 Å². The molecule has 0 saturated carbocycles. The smallest absolute Gasteiger partial charge is 0.311 e. The summed E-state index contributed by atoms with van der Waals surface area (Å²) in [6, 6.07) is 7.99. The van der Waals surface area contributed by atoms with Gasteiger partial charge in [-0.15, -0.1) is 0 Å². The van der Waals surface area contributed by atoms with Crippen LogP contribution in [0, 0.1) is 17.0 Å². The fraction of sp³-hybridized carbons (Fsp3) is 0.125. The number of nitrogens with zero attached hydrogens (tertiary/aromatic N) is 4. The van der Waals surface area contributed by atoms with Crippen molar-refractivity contribution in [3.05, 3.63) is 58.5 Å². The molecule has 122 valence electrons. The van der Waals surface area contributed by atoms with Gasteiger partial charge in [0.05, 0.1) is 23.3 Å². The minimum Gasteiger partial charge on any atom is -0.490 e. The molecule has 0 aliphatic heterocycles. The summed E-state index contributed by atoms with van der Waals surface area (Å²) < 4.78 is 6.08. The van der Waals surface area contributed by atoms with Crippen LogP contribution in [0.5, 0.6) is 5.75 Å². The summed E-state index contributed by atoms with van der Waals surface area (Å²) in [7, 11) is 1.34. The summed E-state index contributed by atoms with van der Waals surface area (Å²) in [6.45, 7) is 1.74. The first kappa shape index (κ1) is 15.5. The van der Waals surface area contributed by atoms with E-state index in [4.69, 9.17) is 4.74 Å². The molecular weight excluding hydrogens is 312 g/mol. The standard InChI is InChI=1S/C16H14N4O4/c1-10-14(11-5-4-8-17-9-11)19(21)16(18-10)12-6-3-7-13(20(22)23)15(12)24-2/h3-9,21H,1-2H3. The van der Waals surface area contributed by atoms with Crippen LogP contribution < -0.4 is 4.74 Å². The van der Waals surface area contributed by atoms with E-state index in [2.05, 4.69) is 9.97 Å². The van der Waals surface area contributed by atoms with Gasteiger partial charge in [-0.2, -0.15) is 4.73 Å². The molecule has 0 saturated heterocycles. The number of nitro benzene ring substituents is 1. The highest BCUT2D eigenvalue weighted by Gasteiger charge is 2.25. The van der Waals surface area contributed by atoms with E-state index in [1.54, 1.807) is 37.5 Å². The van der Waals surface area contributed by atoms with Gasteiger partial charge in [-0.25, -0.2) is 4.98 Å². The first-order chi connectivity index (χ1) is 11.5. The molecule has 24 heavy (non-hydrogen) atoms. The molecule has 3 aromatic rings. The Kier molecular flexibility index (Phi) is 3.87. The predicted octanol–water partition coefficient (Wildman–Crippen LogP) is 3.07. The molecule has 0 aliphatic rings. The van der Waals surface area contributed by atoms with Crippen LogP contribution in [0.25, 0.3) is 22.6 Å². The van der Waals surface area contributed by atoms with Crippen molar-refractivity contribution in [1.82, 2.24) is 14.7 Å². The molecule has 2 aromatic heterocycles. The van der Waals surface area contributed by atoms with E-state index in [1.807, 2.05) is 0 Å². The van der Waals surface area contributed by atoms with E-state index in [0.29, 0.717) is 22.5 Å². The molecule has 3 rings (SSSR count). The lowest BCUT2D eigenvalue weighted by molar-refractivity contribution is -0.385. The Morgan fingerprint density at radius 3 is 2.71 bits per heavy atom. The number of rotatable bonds is 4. The second kappa shape index (κ2) is 5.99. The van der Waals surface area contributed by atoms with Crippen LogP contribution in [-0.2, 0) is 0 Å². The minimum absolute atomic E-state index is 0.0422. The van der Waals surface area contributed by atoms with Crippen LogP contribution in [-0.4, -0.2) is 31.9 Å². The zero-order valence-corrected chi connectivity index (χ0v) is 13.0. The largest absolute Gasteiger partial charge is 0.490 e. The lowest BCUT2D eigenvalue weighted by Crippen LogP contribution is -2.01. The van der Waals surface area contributed by atoms with Crippen LogP contribution in [0.15, 0.2) is 42.7 Å². The normalized spacial score (nSPS) is 10.6. The zero-order valence-electron chi connectivity index (χ0n) is 13.0. The summed E-state index contributed by atoms with van der Waals surface area (Å²) in [6.07, 6.45) is 3.23. The molecule has 1 N–H and O–H groups in total. The molecule has 0 amide bonds. The number of aryl methyl sites for hydroxylation is 1. The molecule has 2 heterocycles. The van der Waals surface area contributed by atoms with Gasteiger partial charge in [-0.05, 0) is 25.1 Å². The predicted molar refractivity (Wildman–Crippen MR) is 86.0 cm³/mol. The third-order valence-electron chi connectivity index (χ3n) is 3.60. The van der Waals surface area contributed by atoms with Gasteiger partial charge in [0.1, 0.15) is 5.69 Å². The van der Waals surface area contributed by atoms with Gasteiger partial charge >= 0.3 is 5.69 Å². The molecule has 0 aliphatic carbocycles. The van der Waals surface area contributed by atoms with Gasteiger partial charge in [0.15, 0.2) is 5.82 Å². The van der Waals surface area contributed by atoms with Crippen LogP contribution in [0.1, 0.15) is 5.69 Å². The van der Waals surface area contributed by atoms with Gasteiger partial charge in [0.25, 0.3) is 0 Å². The van der Waals surface area contributed by atoms with Crippen molar-refractivity contribution in [3.8, 4) is 28.4 Å². The Balaban J connectivity index is 2.23. The molecule has 1 aromatic carbocycles. The number of imidazole rings is 1. The van der Waals surface area contributed by atoms with E-state index >= 15 is 0 Å². The lowest BCUT2D eigenvalue weighted by atomic mass is 10.1. The van der Waals surface area contributed by atoms with Gasteiger partial charge in [0.2, 0.25) is 5.75 Å². The zero-order chi connectivity index (χ0) is 17.3. The Morgan fingerprint density at radius 2 is 2.08 bits per heavy atom. The van der Waals surface area contributed by atoms with Crippen molar-refractivity contribution in [3.63, 3.8) is 0 Å². The summed E-state index contributed by atoms with van der Waals surface area (Å²) >= 11 is 0. The number of methoxy groups -OCH3 is 1. The number of ether oxygens (including phenoxy) is 1. The molecule has 8 heteroatoms. The van der Waals surface area contributed by atoms with Crippen molar-refractivity contribution in [2.24, 2.45) is 0 Å². The number of para-hydroxylation sites is 1. The maximum atomic E-state index is 11.2. The molecule has 0 fully saturated rings. The third-order valence-corrected chi connectivity index (χ3v) is 3.60. The average molecular weight is 326 g/mol. The van der Waals surface area contributed by atoms with Crippen molar-refractivity contribution >= 4 is 5.69 Å². The molecule has 0 atom stereocenters. The van der Waals surface area contributed by atoms with Crippen molar-refractivity contribution < 1.29 is 14.9 Å². The van der Waals surface area contributed by atoms with Crippen molar-refractivity contribution in [1.29, 1.82) is 0 Å². The number of nitro groups is 1. The monoisotopic (exact) mass is 326 g/mol. The number of hydrogen-bond donors (Lipinski definition) is 1. The second-order valence-electron chi connectivity index (χ2n) is 5.04. The highest BCUT2D eigenvalue weighted by molar-refractivity contribution is 5.74. The molecule has 8 nitrogen and oxygen atoms in total. The van der Waals surface area contributed by atoms with Gasteiger partial charge in [0, 0.05) is 24.0 Å². The lowest BCUT2D eigenvalue weighted by Gasteiger charge is -2.09. The van der Waals surface area contributed by atoms with E-state index < -0.39 is 4.92 Å². The minimum atomic E-state index is -0.540. The van der Waals surface area contributed by atoms with Crippen LogP contribution in [0.4, 0.5) is 5.69 Å². The summed E-state index contributed by atoms with van der Waals surface area (Å²) in [5.74, 6) is 0.201. The Labute approximate surface area is 137 Å². The van der Waals surface area contributed by atoms with Crippen LogP contribution >= 0.6 is 0 Å². The van der Waals surface area contributed by atoms with Crippen molar-refractivity contribution in [2.45, 2.75) is 6.92 Å². The first-order valence-corrected chi connectivity index (χ1v) is 7.05. The number of benzene rings is 1. The Bertz CT molecular complexity index is 906. The molecular formula is C16H14N4O4. The van der Waals surface area contributed by atoms with E-state index in [9.17, 15) is 15.3 Å². The summed E-state index contributed by atoms with van der Waals surface area (Å²) in [4.78, 5) is 19.0. The third kappa shape index (κ3) is 2.43. The Morgan fingerprint density at radius 1 is 1.29 bits per heavy atom. The first-order valence-electron chi connectivity index (χ1n) is 7.05. The van der Waals surface area contributed by atoms with Crippen LogP contribution in [0.2, 0.25) is 0 Å². The highest BCUT2D eigenvalue weighted by Crippen LogP contribution is 2.38. The average Bonchev–Trinajstić information content (AvgIpc) is 2.89. The quantitative estimate of drug-likeness (QED) is 0.449. The molecule has 0 radical (unpaired) electrons. The number of hydrogen-bond acceptors (Lipinski definition) is 6.